The number of nitrogens with two attached hydrogens (primary N) is 1. The number of carbonyl (C=O) groups is 2. The molecule has 0 aliphatic heterocycles. The van der Waals surface area contributed by atoms with Gasteiger partial charge in [-0.3, -0.25) is 19.0 Å². The van der Waals surface area contributed by atoms with Crippen LogP contribution in [0.4, 0.5) is 27.6 Å². The highest BCUT2D eigenvalue weighted by atomic mass is 32.1. The van der Waals surface area contributed by atoms with Gasteiger partial charge >= 0.3 is 6.18 Å². The molecule has 4 rings (SSSR count). The summed E-state index contributed by atoms with van der Waals surface area (Å²) < 4.78 is 69.7. The number of aromatic nitrogens is 5. The number of amides is 2. The fourth-order valence-electron chi connectivity index (χ4n) is 3.90. The molecule has 4 aromatic heterocycles. The predicted molar refractivity (Wildman–Crippen MR) is 125 cm³/mol. The van der Waals surface area contributed by atoms with Crippen LogP contribution in [0, 0.1) is 13.8 Å². The van der Waals surface area contributed by atoms with Crippen LogP contribution in [0.25, 0.3) is 21.3 Å². The maximum Gasteiger partial charge on any atom is 0.433 e. The van der Waals surface area contributed by atoms with Crippen molar-refractivity contribution in [3.8, 4) is 11.1 Å². The topological polar surface area (TPSA) is 121 Å². The third kappa shape index (κ3) is 4.90. The summed E-state index contributed by atoms with van der Waals surface area (Å²) in [5, 5.41) is 10.5. The molecule has 0 aliphatic rings. The molecule has 0 unspecified atom stereocenters. The Morgan fingerprint density at radius 3 is 2.41 bits per heavy atom. The Balaban J connectivity index is 1.88. The molecular formula is C22H20F5N7O2S. The molecule has 4 aromatic rings. The summed E-state index contributed by atoms with van der Waals surface area (Å²) in [6, 6.07) is 1.95. The highest BCUT2D eigenvalue weighted by Crippen LogP contribution is 2.44. The molecule has 2 amide bonds. The van der Waals surface area contributed by atoms with E-state index in [1.54, 1.807) is 11.6 Å². The third-order valence-corrected chi connectivity index (χ3v) is 6.75. The normalized spacial score (nSPS) is 12.0. The first-order chi connectivity index (χ1) is 17.3. The van der Waals surface area contributed by atoms with Crippen molar-refractivity contribution >= 4 is 39.1 Å². The Kier molecular flexibility index (Phi) is 6.75. The summed E-state index contributed by atoms with van der Waals surface area (Å²) in [7, 11) is 0. The van der Waals surface area contributed by atoms with Gasteiger partial charge in [-0.15, -0.1) is 11.3 Å². The Morgan fingerprint density at radius 1 is 1.16 bits per heavy atom. The number of rotatable bonds is 7. The molecule has 0 atom stereocenters. The standard InChI is InChI=1S/C22H20F5N7O2S/c1-4-33-10(3)12(7-29-33)11-6-14(22(25,26)27)30-21-16(11)17(18(37-21)20(28)36)31-15(35)8-34-9(2)5-13(32-34)19(23)24/h5-7,19H,4,8H2,1-3H3,(H2,28,36)(H,31,35). The first kappa shape index (κ1) is 26.2. The van der Waals surface area contributed by atoms with Crippen LogP contribution in [0.2, 0.25) is 0 Å². The number of hydrogen-bond acceptors (Lipinski definition) is 6. The first-order valence-corrected chi connectivity index (χ1v) is 11.6. The lowest BCUT2D eigenvalue weighted by Crippen LogP contribution is -2.22. The molecule has 0 aliphatic carbocycles. The molecule has 196 valence electrons. The fourth-order valence-corrected chi connectivity index (χ4v) is 4.90. The number of carbonyl (C=O) groups excluding carboxylic acids is 2. The zero-order chi connectivity index (χ0) is 27.2. The Hall–Kier alpha value is -3.88. The minimum atomic E-state index is -4.79. The van der Waals surface area contributed by atoms with Gasteiger partial charge in [-0.1, -0.05) is 0 Å². The SMILES string of the molecule is CCn1ncc(-c2cc(C(F)(F)F)nc3sc(C(N)=O)c(NC(=O)Cn4nc(C(F)F)cc4C)c23)c1C. The number of nitrogens with zero attached hydrogens (tertiary/aromatic N) is 5. The zero-order valence-electron chi connectivity index (χ0n) is 19.7. The van der Waals surface area contributed by atoms with Crippen molar-refractivity contribution in [1.29, 1.82) is 0 Å². The van der Waals surface area contributed by atoms with Crippen molar-refractivity contribution < 1.29 is 31.5 Å². The van der Waals surface area contributed by atoms with E-state index in [1.165, 1.54) is 13.1 Å². The van der Waals surface area contributed by atoms with Gasteiger partial charge in [0.15, 0.2) is 0 Å². The maximum absolute atomic E-state index is 13.7. The summed E-state index contributed by atoms with van der Waals surface area (Å²) >= 11 is 0.600. The van der Waals surface area contributed by atoms with Gasteiger partial charge in [0.2, 0.25) is 5.91 Å². The lowest BCUT2D eigenvalue weighted by atomic mass is 10.0. The van der Waals surface area contributed by atoms with Gasteiger partial charge in [0.1, 0.15) is 27.6 Å². The van der Waals surface area contributed by atoms with Crippen molar-refractivity contribution in [2.45, 2.75) is 46.5 Å². The van der Waals surface area contributed by atoms with E-state index in [0.29, 0.717) is 29.1 Å². The zero-order valence-corrected chi connectivity index (χ0v) is 20.5. The van der Waals surface area contributed by atoms with Crippen LogP contribution < -0.4 is 11.1 Å². The van der Waals surface area contributed by atoms with Crippen molar-refractivity contribution in [2.75, 3.05) is 5.32 Å². The van der Waals surface area contributed by atoms with E-state index in [1.807, 2.05) is 6.92 Å². The van der Waals surface area contributed by atoms with Crippen molar-refractivity contribution in [3.05, 3.63) is 46.0 Å². The number of hydrogen-bond donors (Lipinski definition) is 2. The molecule has 0 spiro atoms. The van der Waals surface area contributed by atoms with Crippen LogP contribution in [0.15, 0.2) is 18.3 Å². The van der Waals surface area contributed by atoms with Crippen LogP contribution in [-0.2, 0) is 24.1 Å². The van der Waals surface area contributed by atoms with Crippen LogP contribution in [0.3, 0.4) is 0 Å². The third-order valence-electron chi connectivity index (χ3n) is 5.65. The highest BCUT2D eigenvalue weighted by Gasteiger charge is 2.35. The van der Waals surface area contributed by atoms with Gasteiger partial charge in [-0.25, -0.2) is 13.8 Å². The van der Waals surface area contributed by atoms with Gasteiger partial charge in [-0.05, 0) is 38.5 Å². The monoisotopic (exact) mass is 541 g/mol. The maximum atomic E-state index is 13.7. The van der Waals surface area contributed by atoms with Crippen molar-refractivity contribution in [2.24, 2.45) is 5.73 Å². The number of primary amides is 1. The van der Waals surface area contributed by atoms with E-state index >= 15 is 0 Å². The summed E-state index contributed by atoms with van der Waals surface area (Å²) in [5.74, 6) is -1.75. The molecule has 4 heterocycles. The molecule has 0 saturated heterocycles. The summed E-state index contributed by atoms with van der Waals surface area (Å²) in [6.07, 6.45) is -6.24. The molecule has 0 aromatic carbocycles. The number of halogens is 5. The molecule has 0 saturated carbocycles. The van der Waals surface area contributed by atoms with E-state index in [-0.39, 0.29) is 32.0 Å². The number of nitrogens with one attached hydrogen (secondary N) is 1. The van der Waals surface area contributed by atoms with Crippen molar-refractivity contribution in [3.63, 3.8) is 0 Å². The minimum absolute atomic E-state index is 0.0452. The van der Waals surface area contributed by atoms with Crippen LogP contribution in [0.1, 0.15) is 45.8 Å². The lowest BCUT2D eigenvalue weighted by Gasteiger charge is -2.12. The Bertz CT molecular complexity index is 1520. The molecule has 15 heteroatoms. The van der Waals surface area contributed by atoms with Gasteiger partial charge in [0.25, 0.3) is 12.3 Å². The molecule has 37 heavy (non-hydrogen) atoms. The second kappa shape index (κ2) is 9.53. The van der Waals surface area contributed by atoms with E-state index < -0.39 is 42.3 Å². The average molecular weight is 542 g/mol. The molecule has 9 nitrogen and oxygen atoms in total. The number of thiophene rings is 1. The average Bonchev–Trinajstić information content (AvgIpc) is 3.48. The van der Waals surface area contributed by atoms with Gasteiger partial charge in [0, 0.05) is 28.9 Å². The molecule has 0 fully saturated rings. The Labute approximate surface area is 210 Å². The first-order valence-electron chi connectivity index (χ1n) is 10.8. The van der Waals surface area contributed by atoms with Crippen LogP contribution in [0.5, 0.6) is 0 Å². The van der Waals surface area contributed by atoms with Crippen LogP contribution in [-0.4, -0.2) is 36.4 Å². The number of aryl methyl sites for hydroxylation is 2. The van der Waals surface area contributed by atoms with Gasteiger partial charge in [-0.2, -0.15) is 23.4 Å². The van der Waals surface area contributed by atoms with E-state index in [9.17, 15) is 31.5 Å². The number of anilines is 1. The molecule has 3 N–H and O–H groups in total. The van der Waals surface area contributed by atoms with Crippen molar-refractivity contribution in [1.82, 2.24) is 24.5 Å². The van der Waals surface area contributed by atoms with Gasteiger partial charge < -0.3 is 11.1 Å². The van der Waals surface area contributed by atoms with E-state index in [0.717, 1.165) is 16.8 Å². The lowest BCUT2D eigenvalue weighted by molar-refractivity contribution is -0.140. The summed E-state index contributed by atoms with van der Waals surface area (Å²) in [6.45, 7) is 4.92. The molecular weight excluding hydrogens is 521 g/mol. The summed E-state index contributed by atoms with van der Waals surface area (Å²) in [4.78, 5) is 28.4. The second-order valence-electron chi connectivity index (χ2n) is 8.08. The largest absolute Gasteiger partial charge is 0.433 e. The van der Waals surface area contributed by atoms with Crippen LogP contribution >= 0.6 is 11.3 Å². The number of alkyl halides is 5. The van der Waals surface area contributed by atoms with E-state index in [2.05, 4.69) is 20.5 Å². The summed E-state index contributed by atoms with van der Waals surface area (Å²) in [5.41, 5.74) is 4.88. The molecule has 0 radical (unpaired) electrons. The second-order valence-corrected chi connectivity index (χ2v) is 9.08. The van der Waals surface area contributed by atoms with E-state index in [4.69, 9.17) is 5.73 Å². The quantitative estimate of drug-likeness (QED) is 0.329. The van der Waals surface area contributed by atoms with Gasteiger partial charge in [0.05, 0.1) is 11.9 Å². The number of fused-ring (bicyclic) bond motifs is 1. The molecule has 0 bridgehead atoms. The highest BCUT2D eigenvalue weighted by molar-refractivity contribution is 7.21. The number of pyridine rings is 1. The minimum Gasteiger partial charge on any atom is -0.365 e. The smallest absolute Gasteiger partial charge is 0.365 e. The predicted octanol–water partition coefficient (Wildman–Crippen LogP) is 4.69. The Morgan fingerprint density at radius 2 is 1.86 bits per heavy atom. The fraction of sp³-hybridized carbons (Fsp3) is 0.318.